The number of hydrogen-bond donors (Lipinski definition) is 0. The van der Waals surface area contributed by atoms with E-state index in [-0.39, 0.29) is 23.6 Å². The molecule has 0 bridgehead atoms. The molecular weight excluding hydrogens is 358 g/mol. The molecule has 1 saturated heterocycles. The van der Waals surface area contributed by atoms with E-state index < -0.39 is 9.84 Å². The van der Waals surface area contributed by atoms with Crippen molar-refractivity contribution in [1.82, 2.24) is 4.90 Å². The van der Waals surface area contributed by atoms with Crippen molar-refractivity contribution < 1.29 is 12.8 Å². The summed E-state index contributed by atoms with van der Waals surface area (Å²) < 4.78 is 30.0. The monoisotopic (exact) mass is 381 g/mol. The first-order valence-corrected chi connectivity index (χ1v) is 11.0. The molecule has 0 amide bonds. The van der Waals surface area contributed by atoms with Crippen molar-refractivity contribution in [1.29, 1.82) is 0 Å². The molecule has 140 valence electrons. The molecule has 5 heteroatoms. The molecule has 1 aliphatic rings. The minimum Gasteiger partial charge on any atom is -0.468 e. The highest BCUT2D eigenvalue weighted by atomic mass is 32.2. The van der Waals surface area contributed by atoms with E-state index >= 15 is 0 Å². The second-order valence-electron chi connectivity index (χ2n) is 7.03. The minimum atomic E-state index is -2.99. The normalized spacial score (nSPS) is 19.0. The first kappa shape index (κ1) is 18.0. The summed E-state index contributed by atoms with van der Waals surface area (Å²) in [4.78, 5) is 2.29. The Hall–Kier alpha value is -2.37. The van der Waals surface area contributed by atoms with E-state index in [1.165, 1.54) is 0 Å². The molecule has 3 aromatic rings. The Morgan fingerprint density at radius 1 is 0.926 bits per heavy atom. The van der Waals surface area contributed by atoms with Crippen LogP contribution in [-0.2, 0) is 16.4 Å². The van der Waals surface area contributed by atoms with Gasteiger partial charge >= 0.3 is 0 Å². The largest absolute Gasteiger partial charge is 0.468 e. The molecule has 1 atom stereocenters. The zero-order chi connectivity index (χ0) is 18.7. The Labute approximate surface area is 160 Å². The molecule has 2 aromatic carbocycles. The SMILES string of the molecule is O=S1(=O)CC[C@H](N(Cc2ccco2)C(c2ccccc2)c2ccccc2)C1. The highest BCUT2D eigenvalue weighted by molar-refractivity contribution is 7.91. The highest BCUT2D eigenvalue weighted by Crippen LogP contribution is 2.34. The third kappa shape index (κ3) is 4.15. The Kier molecular flexibility index (Phi) is 5.14. The second-order valence-corrected chi connectivity index (χ2v) is 9.26. The maximum Gasteiger partial charge on any atom is 0.151 e. The second kappa shape index (κ2) is 7.71. The molecule has 1 aliphatic heterocycles. The summed E-state index contributed by atoms with van der Waals surface area (Å²) in [5.41, 5.74) is 2.30. The summed E-state index contributed by atoms with van der Waals surface area (Å²) >= 11 is 0. The summed E-state index contributed by atoms with van der Waals surface area (Å²) in [7, 11) is -2.99. The van der Waals surface area contributed by atoms with Crippen molar-refractivity contribution in [3.8, 4) is 0 Å². The summed E-state index contributed by atoms with van der Waals surface area (Å²) in [6.45, 7) is 0.571. The number of benzene rings is 2. The fourth-order valence-corrected chi connectivity index (χ4v) is 5.64. The van der Waals surface area contributed by atoms with Crippen LogP contribution in [0.2, 0.25) is 0 Å². The fourth-order valence-electron chi connectivity index (χ4n) is 3.90. The van der Waals surface area contributed by atoms with Gasteiger partial charge in [-0.05, 0) is 29.7 Å². The van der Waals surface area contributed by atoms with Crippen LogP contribution in [0.3, 0.4) is 0 Å². The fraction of sp³-hybridized carbons (Fsp3) is 0.273. The van der Waals surface area contributed by atoms with Gasteiger partial charge in [0.1, 0.15) is 5.76 Å². The molecule has 4 nitrogen and oxygen atoms in total. The Bertz CT molecular complexity index is 914. The number of nitrogens with zero attached hydrogens (tertiary/aromatic N) is 1. The quantitative estimate of drug-likeness (QED) is 0.646. The van der Waals surface area contributed by atoms with Gasteiger partial charge in [0.25, 0.3) is 0 Å². The van der Waals surface area contributed by atoms with Crippen molar-refractivity contribution in [3.63, 3.8) is 0 Å². The summed E-state index contributed by atoms with van der Waals surface area (Å²) in [6.07, 6.45) is 2.32. The van der Waals surface area contributed by atoms with Crippen LogP contribution in [0.4, 0.5) is 0 Å². The van der Waals surface area contributed by atoms with Crippen molar-refractivity contribution >= 4 is 9.84 Å². The van der Waals surface area contributed by atoms with Crippen LogP contribution < -0.4 is 0 Å². The molecule has 0 N–H and O–H groups in total. The van der Waals surface area contributed by atoms with Crippen molar-refractivity contribution in [3.05, 3.63) is 95.9 Å². The average molecular weight is 381 g/mol. The van der Waals surface area contributed by atoms with E-state index in [1.807, 2.05) is 48.5 Å². The van der Waals surface area contributed by atoms with Gasteiger partial charge < -0.3 is 4.42 Å². The van der Waals surface area contributed by atoms with E-state index in [9.17, 15) is 8.42 Å². The van der Waals surface area contributed by atoms with Gasteiger partial charge in [-0.1, -0.05) is 60.7 Å². The number of sulfone groups is 1. The van der Waals surface area contributed by atoms with E-state index in [1.54, 1.807) is 6.26 Å². The van der Waals surface area contributed by atoms with Crippen molar-refractivity contribution in [2.75, 3.05) is 11.5 Å². The van der Waals surface area contributed by atoms with Gasteiger partial charge in [0.05, 0.1) is 30.4 Å². The molecule has 0 saturated carbocycles. The Morgan fingerprint density at radius 3 is 2.04 bits per heavy atom. The topological polar surface area (TPSA) is 50.5 Å². The van der Waals surface area contributed by atoms with E-state index in [2.05, 4.69) is 29.2 Å². The lowest BCUT2D eigenvalue weighted by Crippen LogP contribution is -2.39. The summed E-state index contributed by atoms with van der Waals surface area (Å²) in [6, 6.07) is 24.3. The van der Waals surface area contributed by atoms with Crippen LogP contribution in [0.5, 0.6) is 0 Å². The van der Waals surface area contributed by atoms with Crippen LogP contribution in [-0.4, -0.2) is 30.9 Å². The predicted molar refractivity (Wildman–Crippen MR) is 106 cm³/mol. The molecule has 1 fully saturated rings. The molecule has 2 heterocycles. The molecule has 0 spiro atoms. The van der Waals surface area contributed by atoms with Crippen LogP contribution in [0, 0.1) is 0 Å². The average Bonchev–Trinajstić information content (AvgIpc) is 3.32. The van der Waals surface area contributed by atoms with E-state index in [0.29, 0.717) is 13.0 Å². The molecular formula is C22H23NO3S. The minimum absolute atomic E-state index is 0.0317. The highest BCUT2D eigenvalue weighted by Gasteiger charge is 2.37. The maximum atomic E-state index is 12.2. The molecule has 0 radical (unpaired) electrons. The Balaban J connectivity index is 1.78. The smallest absolute Gasteiger partial charge is 0.151 e. The zero-order valence-corrected chi connectivity index (χ0v) is 15.9. The van der Waals surface area contributed by atoms with Crippen LogP contribution in [0.1, 0.15) is 29.3 Å². The number of rotatable bonds is 6. The van der Waals surface area contributed by atoms with Gasteiger partial charge in [0.2, 0.25) is 0 Å². The predicted octanol–water partition coefficient (Wildman–Crippen LogP) is 4.06. The van der Waals surface area contributed by atoms with Crippen molar-refractivity contribution in [2.45, 2.75) is 25.0 Å². The third-order valence-corrected chi connectivity index (χ3v) is 6.91. The molecule has 4 rings (SSSR count). The maximum absolute atomic E-state index is 12.2. The van der Waals surface area contributed by atoms with Gasteiger partial charge in [-0.25, -0.2) is 8.42 Å². The van der Waals surface area contributed by atoms with Crippen LogP contribution in [0.25, 0.3) is 0 Å². The van der Waals surface area contributed by atoms with Gasteiger partial charge in [-0.2, -0.15) is 0 Å². The lowest BCUT2D eigenvalue weighted by Gasteiger charge is -2.36. The number of furan rings is 1. The lowest BCUT2D eigenvalue weighted by molar-refractivity contribution is 0.148. The first-order chi connectivity index (χ1) is 13.1. The van der Waals surface area contributed by atoms with Crippen molar-refractivity contribution in [2.24, 2.45) is 0 Å². The number of hydrogen-bond acceptors (Lipinski definition) is 4. The molecule has 27 heavy (non-hydrogen) atoms. The summed E-state index contributed by atoms with van der Waals surface area (Å²) in [5.74, 6) is 1.29. The molecule has 0 aliphatic carbocycles. The van der Waals surface area contributed by atoms with E-state index in [0.717, 1.165) is 16.9 Å². The van der Waals surface area contributed by atoms with Gasteiger partial charge in [0.15, 0.2) is 9.84 Å². The van der Waals surface area contributed by atoms with Crippen LogP contribution >= 0.6 is 0 Å². The van der Waals surface area contributed by atoms with Gasteiger partial charge in [-0.3, -0.25) is 4.90 Å². The first-order valence-electron chi connectivity index (χ1n) is 9.21. The van der Waals surface area contributed by atoms with Gasteiger partial charge in [-0.15, -0.1) is 0 Å². The third-order valence-electron chi connectivity index (χ3n) is 5.16. The van der Waals surface area contributed by atoms with E-state index in [4.69, 9.17) is 4.42 Å². The summed E-state index contributed by atoms with van der Waals surface area (Å²) in [5, 5.41) is 0. The Morgan fingerprint density at radius 2 is 1.56 bits per heavy atom. The molecule has 1 aromatic heterocycles. The standard InChI is InChI=1S/C22H23NO3S/c24-27(25)15-13-20(17-27)23(16-21-12-7-14-26-21)22(18-8-3-1-4-9-18)19-10-5-2-6-11-19/h1-12,14,20,22H,13,15-17H2/t20-/m0/s1. The molecule has 0 unspecified atom stereocenters. The van der Waals surface area contributed by atoms with Crippen LogP contribution in [0.15, 0.2) is 83.5 Å². The lowest BCUT2D eigenvalue weighted by atomic mass is 9.95. The zero-order valence-electron chi connectivity index (χ0n) is 15.1. The van der Waals surface area contributed by atoms with Gasteiger partial charge in [0, 0.05) is 6.04 Å².